The van der Waals surface area contributed by atoms with E-state index in [1.54, 1.807) is 0 Å². The van der Waals surface area contributed by atoms with Crippen LogP contribution in [0.3, 0.4) is 0 Å². The van der Waals surface area contributed by atoms with Gasteiger partial charge in [0.2, 0.25) is 0 Å². The van der Waals surface area contributed by atoms with Gasteiger partial charge >= 0.3 is 12.1 Å². The molecular formula is C8H15N3O. The van der Waals surface area contributed by atoms with E-state index >= 15 is 0 Å². The third-order valence-electron chi connectivity index (χ3n) is 1.50. The van der Waals surface area contributed by atoms with Crippen molar-refractivity contribution >= 4 is 12.1 Å². The Bertz CT molecular complexity index is 173. The van der Waals surface area contributed by atoms with E-state index in [1.165, 1.54) is 12.8 Å². The van der Waals surface area contributed by atoms with E-state index < -0.39 is 0 Å². The van der Waals surface area contributed by atoms with Gasteiger partial charge < -0.3 is 10.8 Å². The van der Waals surface area contributed by atoms with Crippen LogP contribution in [0.1, 0.15) is 32.6 Å². The predicted molar refractivity (Wildman–Crippen MR) is 46.8 cm³/mol. The minimum atomic E-state index is -0.339. The molecule has 12 heavy (non-hydrogen) atoms. The summed E-state index contributed by atoms with van der Waals surface area (Å²) in [5.41, 5.74) is 7.99. The second-order valence-electron chi connectivity index (χ2n) is 2.60. The van der Waals surface area contributed by atoms with Gasteiger partial charge in [0, 0.05) is 6.54 Å². The number of amides is 1. The highest BCUT2D eigenvalue weighted by atomic mass is 16.1. The van der Waals surface area contributed by atoms with E-state index in [-0.39, 0.29) is 5.91 Å². The van der Waals surface area contributed by atoms with Crippen molar-refractivity contribution in [2.24, 2.45) is 0 Å². The Labute approximate surface area is 72.6 Å². The summed E-state index contributed by atoms with van der Waals surface area (Å²) in [5.74, 6) is -0.339. The molecule has 0 unspecified atom stereocenters. The number of carbonyl (C=O) groups is 1. The van der Waals surface area contributed by atoms with Crippen LogP contribution in [-0.2, 0) is 4.79 Å². The number of nitrogens with zero attached hydrogens (tertiary/aromatic N) is 2. The highest BCUT2D eigenvalue weighted by molar-refractivity contribution is 6.23. The summed E-state index contributed by atoms with van der Waals surface area (Å²) in [6.07, 6.45) is 5.36. The van der Waals surface area contributed by atoms with Crippen molar-refractivity contribution in [3.63, 3.8) is 0 Å². The Kier molecular flexibility index (Phi) is 7.19. The molecule has 1 N–H and O–H groups in total. The van der Waals surface area contributed by atoms with Gasteiger partial charge in [-0.1, -0.05) is 26.2 Å². The van der Waals surface area contributed by atoms with Crippen molar-refractivity contribution < 1.29 is 9.58 Å². The highest BCUT2D eigenvalue weighted by Crippen LogP contribution is 1.96. The molecule has 0 rings (SSSR count). The van der Waals surface area contributed by atoms with Crippen molar-refractivity contribution in [2.45, 2.75) is 32.6 Å². The van der Waals surface area contributed by atoms with E-state index in [1.807, 2.05) is 0 Å². The number of unbranched alkanes of at least 4 members (excludes halogenated alkanes) is 3. The van der Waals surface area contributed by atoms with Crippen LogP contribution in [0, 0.1) is 0 Å². The molecule has 0 aliphatic heterocycles. The summed E-state index contributed by atoms with van der Waals surface area (Å²) in [7, 11) is 0. The number of carbonyl (C=O) groups excluding carboxylic acids is 1. The summed E-state index contributed by atoms with van der Waals surface area (Å²) < 4.78 is 0. The number of hydrogen-bond donors (Lipinski definition) is 1. The molecule has 0 atom stereocenters. The van der Waals surface area contributed by atoms with E-state index in [2.05, 4.69) is 17.0 Å². The molecule has 1 amide bonds. The van der Waals surface area contributed by atoms with Crippen LogP contribution in [0.15, 0.2) is 0 Å². The molecule has 0 fully saturated rings. The van der Waals surface area contributed by atoms with Gasteiger partial charge in [0.1, 0.15) is 0 Å². The first-order valence-electron chi connectivity index (χ1n) is 4.26. The highest BCUT2D eigenvalue weighted by Gasteiger charge is 1.98. The monoisotopic (exact) mass is 169 g/mol. The molecule has 0 saturated heterocycles. The van der Waals surface area contributed by atoms with Gasteiger partial charge in [-0.2, -0.15) is 4.79 Å². The normalized spacial score (nSPS) is 8.75. The van der Waals surface area contributed by atoms with Gasteiger partial charge in [-0.15, -0.1) is 0 Å². The van der Waals surface area contributed by atoms with Crippen molar-refractivity contribution in [1.82, 2.24) is 5.32 Å². The molecule has 0 radical (unpaired) electrons. The van der Waals surface area contributed by atoms with Gasteiger partial charge in [-0.05, 0) is 6.42 Å². The SMILES string of the molecule is CCCCCCNC(=O)C=[N+]=[N-]. The standard InChI is InChI=1S/C8H15N3O/c1-2-3-4-5-6-10-8(12)7-11-9/h7H,2-6H2,1H3,(H,10,12). The van der Waals surface area contributed by atoms with Crippen LogP contribution in [0.4, 0.5) is 0 Å². The van der Waals surface area contributed by atoms with Gasteiger partial charge in [0.05, 0.1) is 0 Å². The molecule has 4 nitrogen and oxygen atoms in total. The zero-order chi connectivity index (χ0) is 9.23. The lowest BCUT2D eigenvalue weighted by Crippen LogP contribution is -2.25. The fourth-order valence-corrected chi connectivity index (χ4v) is 0.861. The number of rotatable bonds is 6. The molecule has 4 heteroatoms. The van der Waals surface area contributed by atoms with Crippen LogP contribution in [0.2, 0.25) is 0 Å². The Balaban J connectivity index is 3.19. The number of nitrogens with one attached hydrogen (secondary N) is 1. The molecule has 0 heterocycles. The van der Waals surface area contributed by atoms with E-state index in [9.17, 15) is 4.79 Å². The summed E-state index contributed by atoms with van der Waals surface area (Å²) in [6, 6.07) is 0. The zero-order valence-electron chi connectivity index (χ0n) is 7.42. The minimum Gasteiger partial charge on any atom is -0.361 e. The van der Waals surface area contributed by atoms with Crippen LogP contribution in [0.5, 0.6) is 0 Å². The zero-order valence-corrected chi connectivity index (χ0v) is 7.42. The molecule has 0 aromatic heterocycles. The van der Waals surface area contributed by atoms with E-state index in [0.717, 1.165) is 19.1 Å². The van der Waals surface area contributed by atoms with E-state index in [0.29, 0.717) is 6.54 Å². The Morgan fingerprint density at radius 1 is 1.50 bits per heavy atom. The topological polar surface area (TPSA) is 65.5 Å². The Hall–Kier alpha value is -1.15. The molecule has 0 saturated carbocycles. The van der Waals surface area contributed by atoms with Gasteiger partial charge in [0.25, 0.3) is 0 Å². The molecule has 0 bridgehead atoms. The molecule has 0 aliphatic carbocycles. The first-order chi connectivity index (χ1) is 5.81. The lowest BCUT2D eigenvalue weighted by atomic mass is 10.2. The predicted octanol–water partition coefficient (Wildman–Crippen LogP) is 0.983. The van der Waals surface area contributed by atoms with Crippen LogP contribution >= 0.6 is 0 Å². The minimum absolute atomic E-state index is 0.339. The lowest BCUT2D eigenvalue weighted by Gasteiger charge is -1.98. The largest absolute Gasteiger partial charge is 0.361 e. The quantitative estimate of drug-likeness (QED) is 0.274. The smallest absolute Gasteiger partial charge is 0.344 e. The lowest BCUT2D eigenvalue weighted by molar-refractivity contribution is -0.117. The number of hydrogen-bond acceptors (Lipinski definition) is 1. The van der Waals surface area contributed by atoms with Crippen molar-refractivity contribution in [3.05, 3.63) is 5.53 Å². The van der Waals surface area contributed by atoms with Crippen molar-refractivity contribution in [1.29, 1.82) is 0 Å². The second kappa shape index (κ2) is 7.95. The van der Waals surface area contributed by atoms with Gasteiger partial charge in [-0.3, -0.25) is 4.79 Å². The third kappa shape index (κ3) is 6.96. The maximum absolute atomic E-state index is 10.7. The molecule has 68 valence electrons. The van der Waals surface area contributed by atoms with E-state index in [4.69, 9.17) is 5.53 Å². The van der Waals surface area contributed by atoms with Crippen molar-refractivity contribution in [2.75, 3.05) is 6.54 Å². The van der Waals surface area contributed by atoms with Crippen LogP contribution in [0.25, 0.3) is 5.53 Å². The third-order valence-corrected chi connectivity index (χ3v) is 1.50. The Morgan fingerprint density at radius 2 is 2.25 bits per heavy atom. The Morgan fingerprint density at radius 3 is 2.83 bits per heavy atom. The molecule has 0 aromatic rings. The maximum atomic E-state index is 10.7. The maximum Gasteiger partial charge on any atom is 0.344 e. The fourth-order valence-electron chi connectivity index (χ4n) is 0.861. The van der Waals surface area contributed by atoms with Gasteiger partial charge in [0.15, 0.2) is 0 Å². The first kappa shape index (κ1) is 10.8. The summed E-state index contributed by atoms with van der Waals surface area (Å²) >= 11 is 0. The van der Waals surface area contributed by atoms with Gasteiger partial charge in [-0.25, -0.2) is 0 Å². The van der Waals surface area contributed by atoms with Crippen LogP contribution < -0.4 is 5.32 Å². The molecular weight excluding hydrogens is 154 g/mol. The molecule has 0 aromatic carbocycles. The summed E-state index contributed by atoms with van der Waals surface area (Å²) in [6.45, 7) is 2.79. The molecule has 0 aliphatic rings. The van der Waals surface area contributed by atoms with Crippen molar-refractivity contribution in [3.8, 4) is 0 Å². The van der Waals surface area contributed by atoms with Crippen LogP contribution in [-0.4, -0.2) is 23.5 Å². The average Bonchev–Trinajstić information content (AvgIpc) is 2.05. The summed E-state index contributed by atoms with van der Waals surface area (Å²) in [5, 5.41) is 2.59. The average molecular weight is 169 g/mol. The molecule has 0 spiro atoms. The fraction of sp³-hybridized carbons (Fsp3) is 0.750. The first-order valence-corrected chi connectivity index (χ1v) is 4.26. The summed E-state index contributed by atoms with van der Waals surface area (Å²) in [4.78, 5) is 13.3. The second-order valence-corrected chi connectivity index (χ2v) is 2.60.